The predicted octanol–water partition coefficient (Wildman–Crippen LogP) is 3.82. The van der Waals surface area contributed by atoms with Crippen LogP contribution in [-0.2, 0) is 4.74 Å². The number of rotatable bonds is 0. The highest BCUT2D eigenvalue weighted by Crippen LogP contribution is 2.29. The van der Waals surface area contributed by atoms with E-state index >= 15 is 0 Å². The minimum atomic E-state index is 0. The fourth-order valence-electron chi connectivity index (χ4n) is 1.64. The van der Waals surface area contributed by atoms with Gasteiger partial charge in [0.05, 0.1) is 6.61 Å². The Labute approximate surface area is 103 Å². The molecule has 78 valence electrons. The molecular formula is C12H17IO. The lowest BCUT2D eigenvalue weighted by atomic mass is 9.93. The fourth-order valence-corrected chi connectivity index (χ4v) is 1.64. The van der Waals surface area contributed by atoms with Gasteiger partial charge in [0.25, 0.3) is 0 Å². The molecule has 0 saturated carbocycles. The van der Waals surface area contributed by atoms with E-state index in [0.29, 0.717) is 0 Å². The zero-order valence-corrected chi connectivity index (χ0v) is 11.1. The van der Waals surface area contributed by atoms with Gasteiger partial charge in [-0.05, 0) is 24.5 Å². The summed E-state index contributed by atoms with van der Waals surface area (Å²) in [5.74, 6) is 1.08. The molecule has 1 heterocycles. The zero-order chi connectivity index (χ0) is 9.31. The molecule has 2 rings (SSSR count). The Morgan fingerprint density at radius 2 is 1.93 bits per heavy atom. The van der Waals surface area contributed by atoms with E-state index < -0.39 is 0 Å². The molecule has 0 unspecified atom stereocenters. The van der Waals surface area contributed by atoms with Crippen LogP contribution in [-0.4, -0.2) is 6.61 Å². The van der Waals surface area contributed by atoms with E-state index in [1.165, 1.54) is 5.57 Å². The van der Waals surface area contributed by atoms with Crippen molar-refractivity contribution in [1.29, 1.82) is 0 Å². The highest BCUT2D eigenvalue weighted by atomic mass is 127. The Balaban J connectivity index is 0.000000980. The van der Waals surface area contributed by atoms with Crippen LogP contribution >= 0.6 is 24.0 Å². The SMILES string of the molecule is CC1(C)C=CC2=C(C=C1)OCCC2.I. The first-order chi connectivity index (χ1) is 6.17. The third-order valence-electron chi connectivity index (χ3n) is 2.54. The summed E-state index contributed by atoms with van der Waals surface area (Å²) >= 11 is 0. The highest BCUT2D eigenvalue weighted by Gasteiger charge is 2.16. The van der Waals surface area contributed by atoms with Gasteiger partial charge in [-0.2, -0.15) is 0 Å². The van der Waals surface area contributed by atoms with Crippen molar-refractivity contribution >= 4 is 24.0 Å². The first kappa shape index (κ1) is 11.8. The number of hydrogen-bond donors (Lipinski definition) is 0. The Bertz CT molecular complexity index is 269. The second-order valence-electron chi connectivity index (χ2n) is 4.33. The molecule has 0 fully saturated rings. The molecule has 0 saturated heterocycles. The quantitative estimate of drug-likeness (QED) is 0.618. The minimum absolute atomic E-state index is 0. The molecule has 0 aromatic carbocycles. The fraction of sp³-hybridized carbons (Fsp3) is 0.500. The van der Waals surface area contributed by atoms with Crippen LogP contribution in [0.3, 0.4) is 0 Å². The van der Waals surface area contributed by atoms with Crippen LogP contribution in [0.4, 0.5) is 0 Å². The molecule has 0 amide bonds. The summed E-state index contributed by atoms with van der Waals surface area (Å²) in [7, 11) is 0. The van der Waals surface area contributed by atoms with Gasteiger partial charge in [0.15, 0.2) is 0 Å². The van der Waals surface area contributed by atoms with E-state index in [1.807, 2.05) is 0 Å². The average Bonchev–Trinajstić information content (AvgIpc) is 2.27. The van der Waals surface area contributed by atoms with Crippen LogP contribution in [0.1, 0.15) is 26.7 Å². The molecule has 14 heavy (non-hydrogen) atoms. The lowest BCUT2D eigenvalue weighted by Crippen LogP contribution is -2.03. The van der Waals surface area contributed by atoms with Crippen molar-refractivity contribution < 1.29 is 4.74 Å². The van der Waals surface area contributed by atoms with Gasteiger partial charge in [-0.3, -0.25) is 0 Å². The summed E-state index contributed by atoms with van der Waals surface area (Å²) in [5, 5.41) is 0. The van der Waals surface area contributed by atoms with E-state index in [-0.39, 0.29) is 29.4 Å². The lowest BCUT2D eigenvalue weighted by Gasteiger charge is -2.16. The molecule has 0 radical (unpaired) electrons. The average molecular weight is 304 g/mol. The summed E-state index contributed by atoms with van der Waals surface area (Å²) in [6, 6.07) is 0. The van der Waals surface area contributed by atoms with Crippen molar-refractivity contribution in [2.75, 3.05) is 6.61 Å². The molecule has 2 aliphatic rings. The molecule has 0 aromatic rings. The van der Waals surface area contributed by atoms with Gasteiger partial charge >= 0.3 is 0 Å². The number of halogens is 1. The second kappa shape index (κ2) is 4.51. The van der Waals surface area contributed by atoms with Crippen molar-refractivity contribution in [3.8, 4) is 0 Å². The van der Waals surface area contributed by atoms with Crippen LogP contribution in [0.15, 0.2) is 35.6 Å². The number of ether oxygens (including phenoxy) is 1. The van der Waals surface area contributed by atoms with Crippen LogP contribution in [0.5, 0.6) is 0 Å². The molecule has 0 atom stereocenters. The summed E-state index contributed by atoms with van der Waals surface area (Å²) in [6.07, 6.45) is 11.1. The Hall–Kier alpha value is -0.250. The first-order valence-electron chi connectivity index (χ1n) is 4.92. The van der Waals surface area contributed by atoms with Crippen LogP contribution in [0.2, 0.25) is 0 Å². The molecule has 0 spiro atoms. The smallest absolute Gasteiger partial charge is 0.122 e. The van der Waals surface area contributed by atoms with Gasteiger partial charge in [-0.15, -0.1) is 24.0 Å². The minimum Gasteiger partial charge on any atom is -0.493 e. The third-order valence-corrected chi connectivity index (χ3v) is 2.54. The number of allylic oxidation sites excluding steroid dienone is 5. The van der Waals surface area contributed by atoms with Crippen molar-refractivity contribution in [2.24, 2.45) is 5.41 Å². The molecule has 1 nitrogen and oxygen atoms in total. The molecule has 0 aromatic heterocycles. The predicted molar refractivity (Wildman–Crippen MR) is 69.7 cm³/mol. The van der Waals surface area contributed by atoms with Gasteiger partial charge in [-0.1, -0.05) is 32.1 Å². The number of hydrogen-bond acceptors (Lipinski definition) is 1. The van der Waals surface area contributed by atoms with E-state index in [4.69, 9.17) is 4.74 Å². The van der Waals surface area contributed by atoms with Gasteiger partial charge in [0, 0.05) is 5.41 Å². The van der Waals surface area contributed by atoms with E-state index in [9.17, 15) is 0 Å². The van der Waals surface area contributed by atoms with Gasteiger partial charge in [0.2, 0.25) is 0 Å². The van der Waals surface area contributed by atoms with Crippen molar-refractivity contribution in [1.82, 2.24) is 0 Å². The van der Waals surface area contributed by atoms with Crippen molar-refractivity contribution in [2.45, 2.75) is 26.7 Å². The summed E-state index contributed by atoms with van der Waals surface area (Å²) in [4.78, 5) is 0. The molecule has 2 heteroatoms. The zero-order valence-electron chi connectivity index (χ0n) is 8.75. The summed E-state index contributed by atoms with van der Waals surface area (Å²) in [6.45, 7) is 5.29. The standard InChI is InChI=1S/C12H16O.HI/c1-12(2)7-5-10-4-3-9-13-11(10)6-8-12;/h5-8H,3-4,9H2,1-2H3;1H. The van der Waals surface area contributed by atoms with Crippen LogP contribution < -0.4 is 0 Å². The molecule has 0 N–H and O–H groups in total. The van der Waals surface area contributed by atoms with Gasteiger partial charge in [-0.25, -0.2) is 0 Å². The van der Waals surface area contributed by atoms with Crippen molar-refractivity contribution in [3.05, 3.63) is 35.6 Å². The summed E-state index contributed by atoms with van der Waals surface area (Å²) < 4.78 is 5.60. The van der Waals surface area contributed by atoms with E-state index in [0.717, 1.165) is 25.2 Å². The maximum Gasteiger partial charge on any atom is 0.122 e. The Kier molecular flexibility index (Phi) is 3.81. The molecule has 1 aliphatic carbocycles. The largest absolute Gasteiger partial charge is 0.493 e. The Morgan fingerprint density at radius 1 is 1.21 bits per heavy atom. The van der Waals surface area contributed by atoms with Crippen LogP contribution in [0.25, 0.3) is 0 Å². The topological polar surface area (TPSA) is 9.23 Å². The maximum atomic E-state index is 5.60. The highest BCUT2D eigenvalue weighted by molar-refractivity contribution is 14.0. The monoisotopic (exact) mass is 304 g/mol. The van der Waals surface area contributed by atoms with Crippen molar-refractivity contribution in [3.63, 3.8) is 0 Å². The van der Waals surface area contributed by atoms with Gasteiger partial charge in [0.1, 0.15) is 5.76 Å². The van der Waals surface area contributed by atoms with Gasteiger partial charge < -0.3 is 4.74 Å². The lowest BCUT2D eigenvalue weighted by molar-refractivity contribution is 0.201. The maximum absolute atomic E-state index is 5.60. The second-order valence-corrected chi connectivity index (χ2v) is 4.33. The van der Waals surface area contributed by atoms with E-state index in [2.05, 4.69) is 38.2 Å². The normalized spacial score (nSPS) is 23.3. The first-order valence-corrected chi connectivity index (χ1v) is 4.92. The van der Waals surface area contributed by atoms with Crippen LogP contribution in [0, 0.1) is 5.41 Å². The molecule has 0 bridgehead atoms. The van der Waals surface area contributed by atoms with E-state index in [1.54, 1.807) is 0 Å². The molecule has 1 aliphatic heterocycles. The summed E-state index contributed by atoms with van der Waals surface area (Å²) in [5.41, 5.74) is 1.52. The Morgan fingerprint density at radius 3 is 2.71 bits per heavy atom. The third kappa shape index (κ3) is 2.62. The molecular weight excluding hydrogens is 287 g/mol.